The second kappa shape index (κ2) is 5.24. The lowest BCUT2D eigenvalue weighted by molar-refractivity contribution is -0.385. The molecule has 0 fully saturated rings. The number of carbonyl (C=O) groups excluding carboxylic acids is 1. The summed E-state index contributed by atoms with van der Waals surface area (Å²) in [6, 6.07) is 4.89. The Morgan fingerprint density at radius 3 is 2.65 bits per heavy atom. The van der Waals surface area contributed by atoms with E-state index >= 15 is 0 Å². The van der Waals surface area contributed by atoms with Crippen molar-refractivity contribution in [3.63, 3.8) is 0 Å². The standard InChI is InChI=1S/C14H15N3O3/c1-9(2)16-7-11(8-18)14(15-16)12-5-4-6-13(10(12)3)17(19)20/h4-9H,1-3H3. The van der Waals surface area contributed by atoms with Crippen LogP contribution >= 0.6 is 0 Å². The molecule has 0 aliphatic rings. The summed E-state index contributed by atoms with van der Waals surface area (Å²) in [5.74, 6) is 0. The Hall–Kier alpha value is -2.50. The largest absolute Gasteiger partial charge is 0.298 e. The maximum absolute atomic E-state index is 11.2. The van der Waals surface area contributed by atoms with E-state index in [2.05, 4.69) is 5.10 Å². The first kappa shape index (κ1) is 13.9. The minimum atomic E-state index is -0.432. The molecule has 0 amide bonds. The molecule has 0 spiro atoms. The molecular weight excluding hydrogens is 258 g/mol. The van der Waals surface area contributed by atoms with Crippen LogP contribution in [0.3, 0.4) is 0 Å². The SMILES string of the molecule is Cc1c(-c2nn(C(C)C)cc2C=O)cccc1[N+](=O)[O-]. The third-order valence-electron chi connectivity index (χ3n) is 3.17. The summed E-state index contributed by atoms with van der Waals surface area (Å²) in [6.45, 7) is 5.56. The van der Waals surface area contributed by atoms with E-state index in [1.165, 1.54) is 6.07 Å². The normalized spacial score (nSPS) is 10.8. The average molecular weight is 273 g/mol. The Morgan fingerprint density at radius 2 is 2.10 bits per heavy atom. The van der Waals surface area contributed by atoms with Crippen molar-refractivity contribution < 1.29 is 9.72 Å². The molecule has 0 unspecified atom stereocenters. The fourth-order valence-corrected chi connectivity index (χ4v) is 2.04. The Morgan fingerprint density at radius 1 is 1.40 bits per heavy atom. The summed E-state index contributed by atoms with van der Waals surface area (Å²) in [5, 5.41) is 15.4. The molecule has 2 aromatic rings. The van der Waals surface area contributed by atoms with Crippen molar-refractivity contribution in [2.24, 2.45) is 0 Å². The quantitative estimate of drug-likeness (QED) is 0.487. The van der Waals surface area contributed by atoms with Crippen LogP contribution in [0.2, 0.25) is 0 Å². The molecule has 0 bridgehead atoms. The van der Waals surface area contributed by atoms with E-state index < -0.39 is 4.92 Å². The predicted octanol–water partition coefficient (Wildman–Crippen LogP) is 3.16. The minimum Gasteiger partial charge on any atom is -0.298 e. The molecule has 1 aromatic carbocycles. The molecule has 6 heteroatoms. The maximum Gasteiger partial charge on any atom is 0.272 e. The number of aromatic nitrogens is 2. The van der Waals surface area contributed by atoms with E-state index in [1.807, 2.05) is 13.8 Å². The summed E-state index contributed by atoms with van der Waals surface area (Å²) in [7, 11) is 0. The van der Waals surface area contributed by atoms with Crippen LogP contribution in [0.5, 0.6) is 0 Å². The Labute approximate surface area is 116 Å². The topological polar surface area (TPSA) is 78.0 Å². The van der Waals surface area contributed by atoms with E-state index in [0.717, 1.165) is 6.29 Å². The highest BCUT2D eigenvalue weighted by molar-refractivity contribution is 5.87. The van der Waals surface area contributed by atoms with Gasteiger partial charge in [0, 0.05) is 29.4 Å². The lowest BCUT2D eigenvalue weighted by Gasteiger charge is -2.05. The van der Waals surface area contributed by atoms with Gasteiger partial charge in [-0.15, -0.1) is 0 Å². The molecule has 0 N–H and O–H groups in total. The van der Waals surface area contributed by atoms with Gasteiger partial charge in [-0.1, -0.05) is 12.1 Å². The molecule has 1 heterocycles. The summed E-state index contributed by atoms with van der Waals surface area (Å²) in [6.07, 6.45) is 2.38. The smallest absolute Gasteiger partial charge is 0.272 e. The third kappa shape index (κ3) is 2.32. The van der Waals surface area contributed by atoms with Crippen molar-refractivity contribution in [3.8, 4) is 11.3 Å². The zero-order valence-electron chi connectivity index (χ0n) is 11.5. The van der Waals surface area contributed by atoms with E-state index in [1.54, 1.807) is 29.9 Å². The van der Waals surface area contributed by atoms with E-state index in [4.69, 9.17) is 0 Å². The van der Waals surface area contributed by atoms with Gasteiger partial charge in [-0.25, -0.2) is 0 Å². The second-order valence-corrected chi connectivity index (χ2v) is 4.83. The number of benzene rings is 1. The van der Waals surface area contributed by atoms with Crippen LogP contribution in [0.15, 0.2) is 24.4 Å². The number of hydrogen-bond donors (Lipinski definition) is 0. The van der Waals surface area contributed by atoms with Gasteiger partial charge in [-0.3, -0.25) is 19.6 Å². The maximum atomic E-state index is 11.2. The molecule has 0 radical (unpaired) electrons. The predicted molar refractivity (Wildman–Crippen MR) is 74.8 cm³/mol. The van der Waals surface area contributed by atoms with Gasteiger partial charge in [0.1, 0.15) is 5.69 Å². The molecule has 0 saturated carbocycles. The first-order valence-corrected chi connectivity index (χ1v) is 6.24. The lowest BCUT2D eigenvalue weighted by atomic mass is 10.0. The highest BCUT2D eigenvalue weighted by atomic mass is 16.6. The number of carbonyl (C=O) groups is 1. The van der Waals surface area contributed by atoms with Crippen LogP contribution in [0, 0.1) is 17.0 Å². The molecule has 0 saturated heterocycles. The van der Waals surface area contributed by atoms with Crippen LogP contribution in [0.4, 0.5) is 5.69 Å². The molecule has 0 aliphatic carbocycles. The average Bonchev–Trinajstić information content (AvgIpc) is 2.82. The van der Waals surface area contributed by atoms with Crippen molar-refractivity contribution in [2.45, 2.75) is 26.8 Å². The Kier molecular flexibility index (Phi) is 3.65. The minimum absolute atomic E-state index is 0.0263. The van der Waals surface area contributed by atoms with Gasteiger partial charge in [-0.2, -0.15) is 5.10 Å². The highest BCUT2D eigenvalue weighted by Gasteiger charge is 2.19. The zero-order valence-corrected chi connectivity index (χ0v) is 11.5. The number of nitro benzene ring substituents is 1. The van der Waals surface area contributed by atoms with Gasteiger partial charge >= 0.3 is 0 Å². The lowest BCUT2D eigenvalue weighted by Crippen LogP contribution is -2.01. The molecule has 1 aromatic heterocycles. The third-order valence-corrected chi connectivity index (χ3v) is 3.17. The fraction of sp³-hybridized carbons (Fsp3) is 0.286. The fourth-order valence-electron chi connectivity index (χ4n) is 2.04. The molecule has 0 aliphatic heterocycles. The molecule has 2 rings (SSSR count). The number of nitro groups is 1. The van der Waals surface area contributed by atoms with Gasteiger partial charge in [0.05, 0.1) is 10.5 Å². The van der Waals surface area contributed by atoms with Gasteiger partial charge in [0.15, 0.2) is 6.29 Å². The van der Waals surface area contributed by atoms with Crippen molar-refractivity contribution in [3.05, 3.63) is 45.6 Å². The molecular formula is C14H15N3O3. The van der Waals surface area contributed by atoms with Crippen LogP contribution < -0.4 is 0 Å². The van der Waals surface area contributed by atoms with Crippen molar-refractivity contribution in [1.29, 1.82) is 0 Å². The molecule has 104 valence electrons. The van der Waals surface area contributed by atoms with Crippen molar-refractivity contribution in [2.75, 3.05) is 0 Å². The first-order valence-electron chi connectivity index (χ1n) is 6.24. The van der Waals surface area contributed by atoms with Crippen LogP contribution in [-0.4, -0.2) is 21.0 Å². The summed E-state index contributed by atoms with van der Waals surface area (Å²) < 4.78 is 1.68. The van der Waals surface area contributed by atoms with Gasteiger partial charge in [0.25, 0.3) is 5.69 Å². The Balaban J connectivity index is 2.65. The van der Waals surface area contributed by atoms with Crippen LogP contribution in [0.25, 0.3) is 11.3 Å². The molecule has 0 atom stereocenters. The molecule has 20 heavy (non-hydrogen) atoms. The van der Waals surface area contributed by atoms with Crippen LogP contribution in [0.1, 0.15) is 35.8 Å². The van der Waals surface area contributed by atoms with E-state index in [0.29, 0.717) is 22.4 Å². The van der Waals surface area contributed by atoms with E-state index in [9.17, 15) is 14.9 Å². The second-order valence-electron chi connectivity index (χ2n) is 4.83. The number of rotatable bonds is 4. The van der Waals surface area contributed by atoms with E-state index in [-0.39, 0.29) is 11.7 Å². The molecule has 6 nitrogen and oxygen atoms in total. The monoisotopic (exact) mass is 273 g/mol. The number of aldehydes is 1. The van der Waals surface area contributed by atoms with Gasteiger partial charge < -0.3 is 0 Å². The summed E-state index contributed by atoms with van der Waals surface area (Å²) >= 11 is 0. The van der Waals surface area contributed by atoms with Crippen molar-refractivity contribution >= 4 is 12.0 Å². The van der Waals surface area contributed by atoms with Gasteiger partial charge in [-0.05, 0) is 20.8 Å². The zero-order chi connectivity index (χ0) is 14.9. The number of hydrogen-bond acceptors (Lipinski definition) is 4. The summed E-state index contributed by atoms with van der Waals surface area (Å²) in [5.41, 5.74) is 2.06. The van der Waals surface area contributed by atoms with Gasteiger partial charge in [0.2, 0.25) is 0 Å². The Bertz CT molecular complexity index is 674. The summed E-state index contributed by atoms with van der Waals surface area (Å²) in [4.78, 5) is 21.7. The highest BCUT2D eigenvalue weighted by Crippen LogP contribution is 2.30. The van der Waals surface area contributed by atoms with Crippen LogP contribution in [-0.2, 0) is 0 Å². The first-order chi connectivity index (χ1) is 9.45. The number of nitrogens with zero attached hydrogens (tertiary/aromatic N) is 3. The van der Waals surface area contributed by atoms with Crippen molar-refractivity contribution in [1.82, 2.24) is 9.78 Å².